The van der Waals surface area contributed by atoms with Crippen LogP contribution >= 0.6 is 0 Å². The monoisotopic (exact) mass is 278 g/mol. The maximum Gasteiger partial charge on any atom is 0.276 e. The highest BCUT2D eigenvalue weighted by Crippen LogP contribution is 2.27. The minimum Gasteiger partial charge on any atom is -0.391 e. The largest absolute Gasteiger partial charge is 0.391 e. The zero-order chi connectivity index (χ0) is 13.9. The lowest BCUT2D eigenvalue weighted by molar-refractivity contribution is 0.0469. The maximum atomic E-state index is 12.3. The second kappa shape index (κ2) is 5.91. The van der Waals surface area contributed by atoms with Crippen molar-refractivity contribution >= 4 is 5.91 Å². The number of piperidine rings is 1. The van der Waals surface area contributed by atoms with E-state index in [1.807, 2.05) is 4.68 Å². The molecule has 1 aromatic rings. The first-order chi connectivity index (χ1) is 9.74. The molecule has 1 atom stereocenters. The van der Waals surface area contributed by atoms with Gasteiger partial charge in [0.15, 0.2) is 5.69 Å². The number of aromatic nitrogens is 3. The van der Waals surface area contributed by atoms with Gasteiger partial charge in [0.25, 0.3) is 5.91 Å². The Morgan fingerprint density at radius 3 is 2.75 bits per heavy atom. The summed E-state index contributed by atoms with van der Waals surface area (Å²) < 4.78 is 1.85. The van der Waals surface area contributed by atoms with Gasteiger partial charge in [0.05, 0.1) is 18.3 Å². The van der Waals surface area contributed by atoms with Crippen LogP contribution in [0, 0.1) is 0 Å². The summed E-state index contributed by atoms with van der Waals surface area (Å²) in [6.07, 6.45) is 9.00. The van der Waals surface area contributed by atoms with Gasteiger partial charge < -0.3 is 10.0 Å². The summed E-state index contributed by atoms with van der Waals surface area (Å²) in [6.45, 7) is 1.11. The normalized spacial score (nSPS) is 24.9. The van der Waals surface area contributed by atoms with E-state index in [0.717, 1.165) is 25.7 Å². The Kier molecular flexibility index (Phi) is 4.00. The molecule has 1 N–H and O–H groups in total. The molecule has 2 heterocycles. The molecule has 1 saturated heterocycles. The fourth-order valence-corrected chi connectivity index (χ4v) is 3.20. The van der Waals surface area contributed by atoms with E-state index in [0.29, 0.717) is 24.8 Å². The van der Waals surface area contributed by atoms with Crippen LogP contribution in [-0.4, -0.2) is 50.1 Å². The molecule has 1 unspecified atom stereocenters. The smallest absolute Gasteiger partial charge is 0.276 e. The van der Waals surface area contributed by atoms with Crippen molar-refractivity contribution in [3.63, 3.8) is 0 Å². The van der Waals surface area contributed by atoms with E-state index in [-0.39, 0.29) is 5.91 Å². The molecule has 6 nitrogen and oxygen atoms in total. The van der Waals surface area contributed by atoms with Crippen molar-refractivity contribution < 1.29 is 9.90 Å². The van der Waals surface area contributed by atoms with Gasteiger partial charge in [-0.2, -0.15) is 0 Å². The summed E-state index contributed by atoms with van der Waals surface area (Å²) in [5.41, 5.74) is 0.407. The van der Waals surface area contributed by atoms with E-state index in [1.54, 1.807) is 11.1 Å². The van der Waals surface area contributed by atoms with Crippen molar-refractivity contribution in [2.45, 2.75) is 57.1 Å². The van der Waals surface area contributed by atoms with Crippen molar-refractivity contribution in [1.29, 1.82) is 0 Å². The number of aliphatic hydroxyl groups is 1. The third-order valence-electron chi connectivity index (χ3n) is 4.36. The number of carbonyl (C=O) groups excluding carboxylic acids is 1. The average molecular weight is 278 g/mol. The number of amides is 1. The van der Waals surface area contributed by atoms with Gasteiger partial charge in [-0.15, -0.1) is 5.10 Å². The molecule has 3 rings (SSSR count). The molecular weight excluding hydrogens is 256 g/mol. The minimum atomic E-state index is -0.402. The predicted octanol–water partition coefficient (Wildman–Crippen LogP) is 1.38. The molecule has 0 spiro atoms. The van der Waals surface area contributed by atoms with E-state index < -0.39 is 6.10 Å². The molecule has 1 amide bonds. The molecule has 1 saturated carbocycles. The highest BCUT2D eigenvalue weighted by Gasteiger charge is 2.26. The Balaban J connectivity index is 1.67. The minimum absolute atomic E-state index is 0.106. The maximum absolute atomic E-state index is 12.3. The lowest BCUT2D eigenvalue weighted by Crippen LogP contribution is -2.42. The Morgan fingerprint density at radius 2 is 2.00 bits per heavy atom. The molecule has 20 heavy (non-hydrogen) atoms. The van der Waals surface area contributed by atoms with E-state index in [1.165, 1.54) is 19.3 Å². The average Bonchev–Trinajstić information content (AvgIpc) is 2.97. The molecule has 110 valence electrons. The third-order valence-corrected chi connectivity index (χ3v) is 4.36. The van der Waals surface area contributed by atoms with Crippen molar-refractivity contribution in [3.8, 4) is 0 Å². The Morgan fingerprint density at radius 1 is 1.20 bits per heavy atom. The first-order valence-corrected chi connectivity index (χ1v) is 7.63. The van der Waals surface area contributed by atoms with Crippen LogP contribution in [0.15, 0.2) is 6.20 Å². The van der Waals surface area contributed by atoms with Crippen LogP contribution in [0.1, 0.15) is 61.5 Å². The van der Waals surface area contributed by atoms with Crippen LogP contribution in [0.2, 0.25) is 0 Å². The quantitative estimate of drug-likeness (QED) is 0.887. The molecule has 1 aliphatic heterocycles. The van der Waals surface area contributed by atoms with Crippen LogP contribution < -0.4 is 0 Å². The van der Waals surface area contributed by atoms with E-state index in [4.69, 9.17) is 0 Å². The summed E-state index contributed by atoms with van der Waals surface area (Å²) in [5.74, 6) is -0.106. The summed E-state index contributed by atoms with van der Waals surface area (Å²) >= 11 is 0. The molecule has 1 aliphatic carbocycles. The number of hydrogen-bond donors (Lipinski definition) is 1. The van der Waals surface area contributed by atoms with Crippen LogP contribution in [0.4, 0.5) is 0 Å². The fraction of sp³-hybridized carbons (Fsp3) is 0.786. The Labute approximate surface area is 118 Å². The van der Waals surface area contributed by atoms with Gasteiger partial charge in [-0.1, -0.05) is 24.5 Å². The fourth-order valence-electron chi connectivity index (χ4n) is 3.20. The Bertz CT molecular complexity index is 467. The van der Waals surface area contributed by atoms with E-state index in [9.17, 15) is 9.90 Å². The second-order valence-electron chi connectivity index (χ2n) is 5.92. The first-order valence-electron chi connectivity index (χ1n) is 7.63. The lowest BCUT2D eigenvalue weighted by Gasteiger charge is -2.29. The van der Waals surface area contributed by atoms with Gasteiger partial charge in [0.1, 0.15) is 0 Å². The van der Waals surface area contributed by atoms with Crippen molar-refractivity contribution in [2.75, 3.05) is 13.1 Å². The zero-order valence-corrected chi connectivity index (χ0v) is 11.7. The third kappa shape index (κ3) is 2.85. The van der Waals surface area contributed by atoms with Crippen LogP contribution in [0.3, 0.4) is 0 Å². The number of hydrogen-bond acceptors (Lipinski definition) is 4. The number of nitrogens with zero attached hydrogens (tertiary/aromatic N) is 4. The van der Waals surface area contributed by atoms with Crippen LogP contribution in [0.5, 0.6) is 0 Å². The first kappa shape index (κ1) is 13.5. The molecule has 0 radical (unpaired) electrons. The molecular formula is C14H22N4O2. The summed E-state index contributed by atoms with van der Waals surface area (Å²) in [6, 6.07) is 0.393. The van der Waals surface area contributed by atoms with Gasteiger partial charge >= 0.3 is 0 Å². The van der Waals surface area contributed by atoms with Gasteiger partial charge in [-0.05, 0) is 25.7 Å². The number of rotatable bonds is 2. The summed E-state index contributed by atoms with van der Waals surface area (Å²) in [7, 11) is 0. The highest BCUT2D eigenvalue weighted by atomic mass is 16.3. The number of carbonyl (C=O) groups is 1. The topological polar surface area (TPSA) is 71.2 Å². The molecule has 1 aromatic heterocycles. The van der Waals surface area contributed by atoms with Crippen molar-refractivity contribution in [2.24, 2.45) is 0 Å². The number of β-amino-alcohol motifs (C(OH)–C–C–N with tert-alkyl or cyclic N) is 1. The molecule has 6 heteroatoms. The van der Waals surface area contributed by atoms with Crippen molar-refractivity contribution in [1.82, 2.24) is 19.9 Å². The molecule has 0 aromatic carbocycles. The summed E-state index contributed by atoms with van der Waals surface area (Å²) in [5, 5.41) is 17.8. The molecule has 2 fully saturated rings. The van der Waals surface area contributed by atoms with Crippen LogP contribution in [0.25, 0.3) is 0 Å². The highest BCUT2D eigenvalue weighted by molar-refractivity contribution is 5.92. The SMILES string of the molecule is O=C(c1cn(C2CCCCC2)nn1)N1CCCC(O)C1. The van der Waals surface area contributed by atoms with Gasteiger partial charge in [0.2, 0.25) is 0 Å². The van der Waals surface area contributed by atoms with Gasteiger partial charge in [0, 0.05) is 13.1 Å². The zero-order valence-electron chi connectivity index (χ0n) is 11.7. The summed E-state index contributed by atoms with van der Waals surface area (Å²) in [4.78, 5) is 14.0. The number of likely N-dealkylation sites (tertiary alicyclic amines) is 1. The van der Waals surface area contributed by atoms with Gasteiger partial charge in [-0.25, -0.2) is 4.68 Å². The Hall–Kier alpha value is -1.43. The number of aliphatic hydroxyl groups excluding tert-OH is 1. The standard InChI is InChI=1S/C14H22N4O2/c19-12-7-4-8-17(9-12)14(20)13-10-18(16-15-13)11-5-2-1-3-6-11/h10-12,19H,1-9H2. The second-order valence-corrected chi connectivity index (χ2v) is 5.92. The predicted molar refractivity (Wildman–Crippen MR) is 73.3 cm³/mol. The van der Waals surface area contributed by atoms with Gasteiger partial charge in [-0.3, -0.25) is 4.79 Å². The van der Waals surface area contributed by atoms with E-state index in [2.05, 4.69) is 10.3 Å². The molecule has 0 bridgehead atoms. The molecule has 2 aliphatic rings. The lowest BCUT2D eigenvalue weighted by atomic mass is 9.96. The van der Waals surface area contributed by atoms with Crippen molar-refractivity contribution in [3.05, 3.63) is 11.9 Å². The van der Waals surface area contributed by atoms with E-state index >= 15 is 0 Å². The van der Waals surface area contributed by atoms with Crippen LogP contribution in [-0.2, 0) is 0 Å².